The van der Waals surface area contributed by atoms with Crippen molar-refractivity contribution < 1.29 is 23.6 Å². The van der Waals surface area contributed by atoms with E-state index in [1.165, 1.54) is 19.3 Å². The molecule has 0 aliphatic carbocycles. The number of nitrogens with one attached hydrogen (secondary N) is 1. The number of Topliss-reactive ketones (excluding diaryl/α,β-unsaturated/α-hetero) is 1. The van der Waals surface area contributed by atoms with Crippen LogP contribution in [0.4, 0.5) is 4.79 Å². The lowest BCUT2D eigenvalue weighted by atomic mass is 10.1. The quantitative estimate of drug-likeness (QED) is 0.735. The van der Waals surface area contributed by atoms with Gasteiger partial charge in [-0.15, -0.1) is 0 Å². The van der Waals surface area contributed by atoms with Crippen molar-refractivity contribution in [3.05, 3.63) is 47.6 Å². The fourth-order valence-corrected chi connectivity index (χ4v) is 3.08. The fourth-order valence-electron chi connectivity index (χ4n) is 3.08. The van der Waals surface area contributed by atoms with E-state index < -0.39 is 0 Å². The molecule has 1 aromatic rings. The van der Waals surface area contributed by atoms with Gasteiger partial charge in [0.15, 0.2) is 17.3 Å². The summed E-state index contributed by atoms with van der Waals surface area (Å²) in [6.07, 6.45) is 4.88. The highest BCUT2D eigenvalue weighted by atomic mass is 16.6. The number of hydrogen-bond acceptors (Lipinski definition) is 6. The van der Waals surface area contributed by atoms with Crippen molar-refractivity contribution in [3.8, 4) is 0 Å². The summed E-state index contributed by atoms with van der Waals surface area (Å²) in [5.74, 6) is 2.07. The van der Waals surface area contributed by atoms with E-state index in [0.29, 0.717) is 46.9 Å². The van der Waals surface area contributed by atoms with Gasteiger partial charge in [-0.05, 0) is 31.8 Å². The first-order valence-electron chi connectivity index (χ1n) is 9.34. The molecule has 8 nitrogen and oxygen atoms in total. The molecule has 3 rings (SSSR count). The number of aromatic nitrogens is 1. The van der Waals surface area contributed by atoms with Crippen LogP contribution in [0.1, 0.15) is 44.9 Å². The molecule has 0 saturated carbocycles. The number of amides is 2. The third kappa shape index (κ3) is 4.11. The molecule has 2 aliphatic rings. The first-order chi connectivity index (χ1) is 13.4. The van der Waals surface area contributed by atoms with Gasteiger partial charge in [0.2, 0.25) is 5.88 Å². The second-order valence-corrected chi connectivity index (χ2v) is 7.23. The molecule has 0 bridgehead atoms. The van der Waals surface area contributed by atoms with E-state index >= 15 is 0 Å². The van der Waals surface area contributed by atoms with Gasteiger partial charge in [0.1, 0.15) is 17.7 Å². The zero-order valence-corrected chi connectivity index (χ0v) is 16.4. The van der Waals surface area contributed by atoms with Crippen molar-refractivity contribution in [2.45, 2.75) is 40.0 Å². The first-order valence-corrected chi connectivity index (χ1v) is 9.34. The predicted octanol–water partition coefficient (Wildman–Crippen LogP) is 3.34. The minimum absolute atomic E-state index is 0.0474. The Morgan fingerprint density at radius 1 is 1.43 bits per heavy atom. The minimum atomic E-state index is -0.222. The predicted molar refractivity (Wildman–Crippen MR) is 101 cm³/mol. The SMILES string of the molecule is C=CC1=C(c2conc2CC(C)=O)OC2=C(O1)N(CCCC(C)C)C(=O)NC2. The smallest absolute Gasteiger partial charge is 0.324 e. The van der Waals surface area contributed by atoms with Crippen molar-refractivity contribution in [1.29, 1.82) is 0 Å². The molecule has 28 heavy (non-hydrogen) atoms. The third-order valence-electron chi connectivity index (χ3n) is 4.44. The Morgan fingerprint density at radius 2 is 2.21 bits per heavy atom. The zero-order valence-electron chi connectivity index (χ0n) is 16.4. The number of nitrogens with zero attached hydrogens (tertiary/aromatic N) is 2. The maximum absolute atomic E-state index is 12.3. The molecule has 0 atom stereocenters. The van der Waals surface area contributed by atoms with Crippen molar-refractivity contribution in [2.75, 3.05) is 13.1 Å². The van der Waals surface area contributed by atoms with Gasteiger partial charge in [-0.3, -0.25) is 9.69 Å². The Bertz CT molecular complexity index is 850. The number of rotatable bonds is 8. The summed E-state index contributed by atoms with van der Waals surface area (Å²) in [4.78, 5) is 25.4. The molecule has 8 heteroatoms. The van der Waals surface area contributed by atoms with Gasteiger partial charge in [0.05, 0.1) is 18.5 Å². The van der Waals surface area contributed by atoms with Crippen LogP contribution < -0.4 is 5.32 Å². The number of hydrogen-bond donors (Lipinski definition) is 1. The number of ether oxygens (including phenoxy) is 2. The van der Waals surface area contributed by atoms with Gasteiger partial charge in [0, 0.05) is 6.54 Å². The first kappa shape index (κ1) is 19.7. The van der Waals surface area contributed by atoms with E-state index in [4.69, 9.17) is 14.0 Å². The normalized spacial score (nSPS) is 16.6. The highest BCUT2D eigenvalue weighted by Gasteiger charge is 2.35. The van der Waals surface area contributed by atoms with Crippen molar-refractivity contribution in [1.82, 2.24) is 15.4 Å². The molecular formula is C20H25N3O5. The van der Waals surface area contributed by atoms with Crippen LogP contribution in [0.15, 0.2) is 40.8 Å². The van der Waals surface area contributed by atoms with Gasteiger partial charge in [-0.1, -0.05) is 25.6 Å². The van der Waals surface area contributed by atoms with Crippen molar-refractivity contribution >= 4 is 17.6 Å². The lowest BCUT2D eigenvalue weighted by Gasteiger charge is -2.34. The largest absolute Gasteiger partial charge is 0.449 e. The monoisotopic (exact) mass is 387 g/mol. The van der Waals surface area contributed by atoms with Crippen molar-refractivity contribution in [2.24, 2.45) is 5.92 Å². The fraction of sp³-hybridized carbons (Fsp3) is 0.450. The van der Waals surface area contributed by atoms with Crippen LogP contribution in [0.2, 0.25) is 0 Å². The summed E-state index contributed by atoms with van der Waals surface area (Å²) in [6.45, 7) is 10.3. The highest BCUT2D eigenvalue weighted by molar-refractivity contribution is 5.81. The van der Waals surface area contributed by atoms with Gasteiger partial charge in [0.25, 0.3) is 0 Å². The Balaban J connectivity index is 1.87. The van der Waals surface area contributed by atoms with E-state index in [-0.39, 0.29) is 24.8 Å². The van der Waals surface area contributed by atoms with Crippen LogP contribution in [-0.4, -0.2) is 35.0 Å². The summed E-state index contributed by atoms with van der Waals surface area (Å²) in [7, 11) is 0. The molecule has 0 aromatic carbocycles. The maximum atomic E-state index is 12.3. The van der Waals surface area contributed by atoms with Crippen LogP contribution in [0.5, 0.6) is 0 Å². The number of carbonyl (C=O) groups is 2. The van der Waals surface area contributed by atoms with E-state index in [2.05, 4.69) is 30.9 Å². The van der Waals surface area contributed by atoms with E-state index in [9.17, 15) is 9.59 Å². The maximum Gasteiger partial charge on any atom is 0.324 e. The van der Waals surface area contributed by atoms with Crippen LogP contribution in [0.25, 0.3) is 5.76 Å². The summed E-state index contributed by atoms with van der Waals surface area (Å²) in [5, 5.41) is 6.69. The summed E-state index contributed by atoms with van der Waals surface area (Å²) in [6, 6.07) is -0.222. The summed E-state index contributed by atoms with van der Waals surface area (Å²) in [5.41, 5.74) is 0.989. The van der Waals surface area contributed by atoms with Gasteiger partial charge < -0.3 is 19.3 Å². The molecule has 3 heterocycles. The molecule has 0 spiro atoms. The molecule has 2 aliphatic heterocycles. The average molecular weight is 387 g/mol. The number of carbonyl (C=O) groups excluding carboxylic acids is 2. The second kappa shape index (κ2) is 8.33. The highest BCUT2D eigenvalue weighted by Crippen LogP contribution is 2.36. The number of urea groups is 1. The molecule has 2 amide bonds. The molecule has 1 aromatic heterocycles. The minimum Gasteiger partial charge on any atom is -0.449 e. The van der Waals surface area contributed by atoms with E-state index in [1.807, 2.05) is 0 Å². The van der Waals surface area contributed by atoms with Gasteiger partial charge >= 0.3 is 6.03 Å². The van der Waals surface area contributed by atoms with Crippen molar-refractivity contribution in [3.63, 3.8) is 0 Å². The topological polar surface area (TPSA) is 93.9 Å². The molecule has 0 fully saturated rings. The van der Waals surface area contributed by atoms with E-state index in [0.717, 1.165) is 12.8 Å². The number of ketones is 1. The molecule has 0 unspecified atom stereocenters. The number of allylic oxidation sites excluding steroid dienone is 1. The molecule has 150 valence electrons. The van der Waals surface area contributed by atoms with Gasteiger partial charge in [-0.25, -0.2) is 4.79 Å². The van der Waals surface area contributed by atoms with E-state index in [1.54, 1.807) is 4.90 Å². The Kier molecular flexibility index (Phi) is 5.87. The molecule has 1 N–H and O–H groups in total. The van der Waals surface area contributed by atoms with Crippen LogP contribution in [-0.2, 0) is 20.7 Å². The lowest BCUT2D eigenvalue weighted by molar-refractivity contribution is -0.116. The van der Waals surface area contributed by atoms with Crippen LogP contribution >= 0.6 is 0 Å². The Labute approximate surface area is 163 Å². The van der Waals surface area contributed by atoms with Gasteiger partial charge in [-0.2, -0.15) is 0 Å². The Hall–Kier alpha value is -3.03. The summed E-state index contributed by atoms with van der Waals surface area (Å²) < 4.78 is 17.1. The molecule has 0 saturated heterocycles. The summed E-state index contributed by atoms with van der Waals surface area (Å²) >= 11 is 0. The van der Waals surface area contributed by atoms with Crippen LogP contribution in [0, 0.1) is 5.92 Å². The molecular weight excluding hydrogens is 362 g/mol. The zero-order chi connectivity index (χ0) is 20.3. The lowest BCUT2D eigenvalue weighted by Crippen LogP contribution is -2.47. The Morgan fingerprint density at radius 3 is 2.89 bits per heavy atom. The third-order valence-corrected chi connectivity index (χ3v) is 4.44. The molecule has 0 radical (unpaired) electrons. The van der Waals surface area contributed by atoms with Crippen LogP contribution in [0.3, 0.4) is 0 Å². The second-order valence-electron chi connectivity index (χ2n) is 7.23. The average Bonchev–Trinajstić information content (AvgIpc) is 3.09. The standard InChI is InChI=1S/C20H25N3O5/c1-5-16-18(14-11-26-22-15(14)9-13(4)24)27-17-10-21-20(25)23(19(17)28-16)8-6-7-12(2)3/h5,11-12H,1,6-10H2,2-4H3,(H,21,25).